The van der Waals surface area contributed by atoms with Gasteiger partial charge in [0, 0.05) is 16.7 Å². The van der Waals surface area contributed by atoms with Crippen molar-refractivity contribution >= 4 is 27.5 Å². The molecule has 2 aromatic rings. The maximum atomic E-state index is 11.7. The summed E-state index contributed by atoms with van der Waals surface area (Å²) in [4.78, 5) is 11.7. The lowest BCUT2D eigenvalue weighted by molar-refractivity contribution is -0.116. The number of halogens is 1. The van der Waals surface area contributed by atoms with E-state index in [1.165, 1.54) is 4.68 Å². The highest BCUT2D eigenvalue weighted by Crippen LogP contribution is 2.15. The molecule has 0 aliphatic rings. The quantitative estimate of drug-likeness (QED) is 0.886. The predicted octanol–water partition coefficient (Wildman–Crippen LogP) is 1.14. The molecule has 0 aliphatic heterocycles. The second-order valence-corrected chi connectivity index (χ2v) is 4.59. The second-order valence-electron chi connectivity index (χ2n) is 3.67. The van der Waals surface area contributed by atoms with Gasteiger partial charge in [-0.15, -0.1) is 5.10 Å². The Morgan fingerprint density at radius 1 is 1.50 bits per heavy atom. The third kappa shape index (κ3) is 3.38. The Kier molecular flexibility index (Phi) is 4.06. The predicted molar refractivity (Wildman–Crippen MR) is 70.7 cm³/mol. The Bertz CT molecular complexity index is 554. The Balaban J connectivity index is 1.96. The molecule has 94 valence electrons. The van der Waals surface area contributed by atoms with Crippen molar-refractivity contribution in [2.75, 3.05) is 5.32 Å². The summed E-state index contributed by atoms with van der Waals surface area (Å²) >= 11 is 3.34. The molecule has 0 bridgehead atoms. The van der Waals surface area contributed by atoms with Gasteiger partial charge < -0.3 is 11.1 Å². The van der Waals surface area contributed by atoms with Gasteiger partial charge in [-0.2, -0.15) is 0 Å². The molecular formula is C11H12BrN5O. The first-order chi connectivity index (χ1) is 8.67. The van der Waals surface area contributed by atoms with Crippen LogP contribution in [0.3, 0.4) is 0 Å². The van der Waals surface area contributed by atoms with E-state index in [0.717, 1.165) is 10.2 Å². The fraction of sp³-hybridized carbons (Fsp3) is 0.182. The summed E-state index contributed by atoms with van der Waals surface area (Å²) in [6, 6.07) is 7.38. The Morgan fingerprint density at radius 2 is 2.33 bits per heavy atom. The van der Waals surface area contributed by atoms with E-state index in [2.05, 4.69) is 31.6 Å². The van der Waals surface area contributed by atoms with Gasteiger partial charge in [0.2, 0.25) is 5.91 Å². The molecule has 2 rings (SSSR count). The van der Waals surface area contributed by atoms with E-state index in [1.54, 1.807) is 6.20 Å². The van der Waals surface area contributed by atoms with E-state index in [1.807, 2.05) is 24.3 Å². The summed E-state index contributed by atoms with van der Waals surface area (Å²) in [5, 5.41) is 10.4. The minimum Gasteiger partial charge on any atom is -0.325 e. The first-order valence-corrected chi connectivity index (χ1v) is 6.11. The maximum absolute atomic E-state index is 11.7. The highest BCUT2D eigenvalue weighted by Gasteiger charge is 2.06. The van der Waals surface area contributed by atoms with Crippen molar-refractivity contribution in [3.05, 3.63) is 40.6 Å². The topological polar surface area (TPSA) is 85.8 Å². The average Bonchev–Trinajstić information content (AvgIpc) is 2.76. The summed E-state index contributed by atoms with van der Waals surface area (Å²) in [6.45, 7) is 0.423. The largest absolute Gasteiger partial charge is 0.325 e. The fourth-order valence-electron chi connectivity index (χ4n) is 1.42. The normalized spacial score (nSPS) is 10.3. The summed E-state index contributed by atoms with van der Waals surface area (Å²) in [6.07, 6.45) is 1.65. The van der Waals surface area contributed by atoms with E-state index >= 15 is 0 Å². The molecule has 0 saturated heterocycles. The number of hydrogen-bond donors (Lipinski definition) is 2. The van der Waals surface area contributed by atoms with Gasteiger partial charge in [0.15, 0.2) is 0 Å². The van der Waals surface area contributed by atoms with Crippen LogP contribution >= 0.6 is 15.9 Å². The zero-order valence-electron chi connectivity index (χ0n) is 9.51. The lowest BCUT2D eigenvalue weighted by Crippen LogP contribution is -2.19. The third-order valence-corrected chi connectivity index (χ3v) is 2.70. The number of carbonyl (C=O) groups excluding carboxylic acids is 1. The molecule has 0 saturated carbocycles. The van der Waals surface area contributed by atoms with Gasteiger partial charge >= 0.3 is 0 Å². The second kappa shape index (κ2) is 5.74. The van der Waals surface area contributed by atoms with Gasteiger partial charge in [-0.3, -0.25) is 4.79 Å². The van der Waals surface area contributed by atoms with E-state index < -0.39 is 0 Å². The van der Waals surface area contributed by atoms with Crippen molar-refractivity contribution in [2.45, 2.75) is 13.1 Å². The fourth-order valence-corrected chi connectivity index (χ4v) is 1.82. The number of amides is 1. The number of aromatic nitrogens is 3. The molecule has 1 aromatic heterocycles. The SMILES string of the molecule is NCc1cn(CC(=O)Nc2cccc(Br)c2)nn1. The van der Waals surface area contributed by atoms with Crippen molar-refractivity contribution in [3.8, 4) is 0 Å². The van der Waals surface area contributed by atoms with Crippen LogP contribution in [0.5, 0.6) is 0 Å². The van der Waals surface area contributed by atoms with Crippen LogP contribution in [0.1, 0.15) is 5.69 Å². The van der Waals surface area contributed by atoms with Crippen molar-refractivity contribution in [2.24, 2.45) is 5.73 Å². The van der Waals surface area contributed by atoms with E-state index in [4.69, 9.17) is 5.73 Å². The van der Waals surface area contributed by atoms with Crippen LogP contribution in [0, 0.1) is 0 Å². The van der Waals surface area contributed by atoms with Crippen LogP contribution < -0.4 is 11.1 Å². The van der Waals surface area contributed by atoms with Crippen molar-refractivity contribution in [3.63, 3.8) is 0 Å². The molecule has 0 radical (unpaired) electrons. The van der Waals surface area contributed by atoms with E-state index in [0.29, 0.717) is 12.2 Å². The van der Waals surface area contributed by atoms with Crippen LogP contribution in [-0.4, -0.2) is 20.9 Å². The molecule has 18 heavy (non-hydrogen) atoms. The van der Waals surface area contributed by atoms with Crippen LogP contribution in [0.4, 0.5) is 5.69 Å². The van der Waals surface area contributed by atoms with Crippen molar-refractivity contribution in [1.29, 1.82) is 0 Å². The number of nitrogens with one attached hydrogen (secondary N) is 1. The molecular weight excluding hydrogens is 298 g/mol. The van der Waals surface area contributed by atoms with Crippen molar-refractivity contribution in [1.82, 2.24) is 15.0 Å². The number of anilines is 1. The highest BCUT2D eigenvalue weighted by molar-refractivity contribution is 9.10. The number of nitrogens with zero attached hydrogens (tertiary/aromatic N) is 3. The average molecular weight is 310 g/mol. The Hall–Kier alpha value is -1.73. The van der Waals surface area contributed by atoms with Crippen LogP contribution in [0.2, 0.25) is 0 Å². The first kappa shape index (κ1) is 12.7. The number of carbonyl (C=O) groups is 1. The highest BCUT2D eigenvalue weighted by atomic mass is 79.9. The number of benzene rings is 1. The summed E-state index contributed by atoms with van der Waals surface area (Å²) in [5.74, 6) is -0.165. The smallest absolute Gasteiger partial charge is 0.246 e. The molecule has 0 fully saturated rings. The third-order valence-electron chi connectivity index (χ3n) is 2.21. The van der Waals surface area contributed by atoms with Crippen LogP contribution in [0.25, 0.3) is 0 Å². The van der Waals surface area contributed by atoms with E-state index in [-0.39, 0.29) is 12.5 Å². The molecule has 1 amide bonds. The van der Waals surface area contributed by atoms with Crippen LogP contribution in [0.15, 0.2) is 34.9 Å². The molecule has 3 N–H and O–H groups in total. The number of rotatable bonds is 4. The van der Waals surface area contributed by atoms with Gasteiger partial charge in [0.05, 0.1) is 11.9 Å². The zero-order valence-corrected chi connectivity index (χ0v) is 11.1. The molecule has 7 heteroatoms. The summed E-state index contributed by atoms with van der Waals surface area (Å²) in [5.41, 5.74) is 6.80. The van der Waals surface area contributed by atoms with Crippen LogP contribution in [-0.2, 0) is 17.9 Å². The zero-order chi connectivity index (χ0) is 13.0. The lowest BCUT2D eigenvalue weighted by Gasteiger charge is -2.05. The Morgan fingerprint density at radius 3 is 3.00 bits per heavy atom. The number of nitrogens with two attached hydrogens (primary N) is 1. The number of hydrogen-bond acceptors (Lipinski definition) is 4. The van der Waals surface area contributed by atoms with Gasteiger partial charge in [-0.1, -0.05) is 27.2 Å². The lowest BCUT2D eigenvalue weighted by atomic mass is 10.3. The minimum absolute atomic E-state index is 0.111. The summed E-state index contributed by atoms with van der Waals surface area (Å²) in [7, 11) is 0. The molecule has 1 heterocycles. The minimum atomic E-state index is -0.165. The molecule has 0 unspecified atom stereocenters. The molecule has 0 atom stereocenters. The van der Waals surface area contributed by atoms with Gasteiger partial charge in [0.25, 0.3) is 0 Å². The van der Waals surface area contributed by atoms with Crippen molar-refractivity contribution < 1.29 is 4.79 Å². The summed E-state index contributed by atoms with van der Waals surface area (Å²) < 4.78 is 2.36. The maximum Gasteiger partial charge on any atom is 0.246 e. The van der Waals surface area contributed by atoms with E-state index in [9.17, 15) is 4.79 Å². The van der Waals surface area contributed by atoms with Gasteiger partial charge in [-0.05, 0) is 18.2 Å². The molecule has 1 aromatic carbocycles. The molecule has 0 aliphatic carbocycles. The Labute approximate surface area is 112 Å². The monoisotopic (exact) mass is 309 g/mol. The standard InChI is InChI=1S/C11H12BrN5O/c12-8-2-1-3-9(4-8)14-11(18)7-17-6-10(5-13)15-16-17/h1-4,6H,5,7,13H2,(H,14,18). The van der Waals surface area contributed by atoms with Gasteiger partial charge in [0.1, 0.15) is 6.54 Å². The molecule has 6 nitrogen and oxygen atoms in total. The molecule has 0 spiro atoms. The van der Waals surface area contributed by atoms with Gasteiger partial charge in [-0.25, -0.2) is 4.68 Å². The first-order valence-electron chi connectivity index (χ1n) is 5.32.